The van der Waals surface area contributed by atoms with Crippen molar-refractivity contribution in [1.82, 2.24) is 0 Å². The van der Waals surface area contributed by atoms with Crippen LogP contribution in [0.15, 0.2) is 70.5 Å². The van der Waals surface area contributed by atoms with E-state index in [-0.39, 0.29) is 11.8 Å². The molecule has 0 bridgehead atoms. The average molecular weight is 379 g/mol. The molecule has 6 heteroatoms. The average Bonchev–Trinajstić information content (AvgIpc) is 3.11. The van der Waals surface area contributed by atoms with Crippen LogP contribution in [0.5, 0.6) is 11.7 Å². The van der Waals surface area contributed by atoms with Crippen molar-refractivity contribution in [2.75, 3.05) is 7.11 Å². The van der Waals surface area contributed by atoms with E-state index in [1.807, 2.05) is 48.5 Å². The Morgan fingerprint density at radius 1 is 1.11 bits per heavy atom. The Morgan fingerprint density at radius 2 is 1.85 bits per heavy atom. The van der Waals surface area contributed by atoms with E-state index in [9.17, 15) is 5.26 Å². The largest absolute Gasteiger partial charge is 0.497 e. The minimum Gasteiger partial charge on any atom is -0.497 e. The lowest BCUT2D eigenvalue weighted by molar-refractivity contribution is 0.298. The number of furan rings is 1. The third kappa shape index (κ3) is 2.90. The van der Waals surface area contributed by atoms with Gasteiger partial charge >= 0.3 is 0 Å². The zero-order chi connectivity index (χ0) is 19.0. The van der Waals surface area contributed by atoms with E-state index in [0.717, 1.165) is 16.9 Å². The number of methoxy groups -OCH3 is 1. The molecule has 0 spiro atoms. The zero-order valence-corrected chi connectivity index (χ0v) is 15.2. The van der Waals surface area contributed by atoms with Gasteiger partial charge in [0.2, 0.25) is 5.88 Å². The Balaban J connectivity index is 1.85. The molecule has 0 radical (unpaired) electrons. The molecular formula is C21H15ClN2O3. The van der Waals surface area contributed by atoms with Gasteiger partial charge in [0.1, 0.15) is 23.2 Å². The number of fused-ring (bicyclic) bond motifs is 1. The summed E-state index contributed by atoms with van der Waals surface area (Å²) in [6, 6.07) is 18.8. The Kier molecular flexibility index (Phi) is 4.27. The topological polar surface area (TPSA) is 81.4 Å². The van der Waals surface area contributed by atoms with Crippen molar-refractivity contribution in [1.29, 1.82) is 5.26 Å². The summed E-state index contributed by atoms with van der Waals surface area (Å²) < 4.78 is 16.7. The summed E-state index contributed by atoms with van der Waals surface area (Å²) in [6.07, 6.45) is 0. The first kappa shape index (κ1) is 17.1. The second-order valence-electron chi connectivity index (χ2n) is 6.03. The summed E-state index contributed by atoms with van der Waals surface area (Å²) in [4.78, 5) is 0. The maximum atomic E-state index is 9.64. The van der Waals surface area contributed by atoms with Gasteiger partial charge in [-0.1, -0.05) is 29.8 Å². The van der Waals surface area contributed by atoms with Crippen molar-refractivity contribution in [3.8, 4) is 29.1 Å². The highest BCUT2D eigenvalue weighted by atomic mass is 35.5. The van der Waals surface area contributed by atoms with Gasteiger partial charge in [0.15, 0.2) is 0 Å². The first-order valence-corrected chi connectivity index (χ1v) is 8.60. The number of nitrogens with zero attached hydrogens (tertiary/aromatic N) is 1. The Bertz CT molecular complexity index is 1080. The molecule has 1 aliphatic rings. The standard InChI is InChI=1S/C21H15ClN2O3/c1-25-13-8-6-12(7-9-13)18-10-15-19(14-4-2-3-5-17(14)22)16(11-23)20(24)27-21(15)26-18/h2-10,19H,24H2,1H3. The lowest BCUT2D eigenvalue weighted by Gasteiger charge is -2.23. The maximum absolute atomic E-state index is 9.64. The SMILES string of the molecule is COc1ccc(-c2cc3c(o2)OC(N)=C(C#N)C3c2ccccc2Cl)cc1. The number of benzene rings is 2. The zero-order valence-electron chi connectivity index (χ0n) is 14.4. The van der Waals surface area contributed by atoms with Crippen molar-refractivity contribution in [3.63, 3.8) is 0 Å². The Labute approximate surface area is 161 Å². The molecule has 0 fully saturated rings. The van der Waals surface area contributed by atoms with Crippen molar-refractivity contribution < 1.29 is 13.9 Å². The summed E-state index contributed by atoms with van der Waals surface area (Å²) >= 11 is 6.39. The van der Waals surface area contributed by atoms with Crippen LogP contribution in [-0.2, 0) is 0 Å². The van der Waals surface area contributed by atoms with Crippen LogP contribution in [0, 0.1) is 11.3 Å². The van der Waals surface area contributed by atoms with Crippen LogP contribution in [0.3, 0.4) is 0 Å². The molecule has 1 aromatic heterocycles. The minimum absolute atomic E-state index is 0.0190. The molecule has 0 saturated carbocycles. The molecule has 0 aliphatic carbocycles. The highest BCUT2D eigenvalue weighted by molar-refractivity contribution is 6.31. The Hall–Kier alpha value is -3.36. The van der Waals surface area contributed by atoms with Crippen LogP contribution in [-0.4, -0.2) is 7.11 Å². The highest BCUT2D eigenvalue weighted by Gasteiger charge is 2.35. The molecule has 1 aliphatic heterocycles. The van der Waals surface area contributed by atoms with Crippen LogP contribution in [0.4, 0.5) is 0 Å². The molecule has 2 heterocycles. The number of ether oxygens (including phenoxy) is 2. The molecule has 1 unspecified atom stereocenters. The molecule has 1 atom stereocenters. The van der Waals surface area contributed by atoms with Crippen LogP contribution in [0.2, 0.25) is 5.02 Å². The van der Waals surface area contributed by atoms with E-state index in [1.165, 1.54) is 0 Å². The fourth-order valence-electron chi connectivity index (χ4n) is 3.17. The van der Waals surface area contributed by atoms with Gasteiger partial charge in [-0.2, -0.15) is 5.26 Å². The second kappa shape index (κ2) is 6.75. The summed E-state index contributed by atoms with van der Waals surface area (Å²) in [7, 11) is 1.61. The van der Waals surface area contributed by atoms with Crippen LogP contribution < -0.4 is 15.2 Å². The number of hydrogen-bond acceptors (Lipinski definition) is 5. The van der Waals surface area contributed by atoms with Gasteiger partial charge in [0.05, 0.1) is 18.6 Å². The van der Waals surface area contributed by atoms with Gasteiger partial charge in [-0.3, -0.25) is 0 Å². The lowest BCUT2D eigenvalue weighted by Crippen LogP contribution is -2.20. The van der Waals surface area contributed by atoms with E-state index >= 15 is 0 Å². The monoisotopic (exact) mass is 378 g/mol. The quantitative estimate of drug-likeness (QED) is 0.706. The van der Waals surface area contributed by atoms with Gasteiger partial charge in [0, 0.05) is 10.6 Å². The number of halogens is 1. The van der Waals surface area contributed by atoms with Gasteiger partial charge < -0.3 is 19.6 Å². The summed E-state index contributed by atoms with van der Waals surface area (Å²) in [6.45, 7) is 0. The molecule has 134 valence electrons. The summed E-state index contributed by atoms with van der Waals surface area (Å²) in [5, 5.41) is 10.2. The maximum Gasteiger partial charge on any atom is 0.296 e. The molecule has 2 N–H and O–H groups in total. The molecule has 27 heavy (non-hydrogen) atoms. The molecule has 3 aromatic rings. The minimum atomic E-state index is -0.455. The summed E-state index contributed by atoms with van der Waals surface area (Å²) in [5.41, 5.74) is 8.61. The van der Waals surface area contributed by atoms with Crippen LogP contribution in [0.1, 0.15) is 17.0 Å². The first-order valence-electron chi connectivity index (χ1n) is 8.22. The molecule has 0 amide bonds. The normalized spacial score (nSPS) is 15.7. The molecule has 0 saturated heterocycles. The highest BCUT2D eigenvalue weighted by Crippen LogP contribution is 2.47. The lowest BCUT2D eigenvalue weighted by atomic mass is 9.85. The fraction of sp³-hybridized carbons (Fsp3) is 0.0952. The molecule has 5 nitrogen and oxygen atoms in total. The third-order valence-corrected chi connectivity index (χ3v) is 4.85. The van der Waals surface area contributed by atoms with Crippen LogP contribution in [0.25, 0.3) is 11.3 Å². The van der Waals surface area contributed by atoms with Gasteiger partial charge in [-0.15, -0.1) is 0 Å². The van der Waals surface area contributed by atoms with E-state index in [1.54, 1.807) is 13.2 Å². The van der Waals surface area contributed by atoms with E-state index in [2.05, 4.69) is 6.07 Å². The van der Waals surface area contributed by atoms with Crippen molar-refractivity contribution in [3.05, 3.63) is 82.2 Å². The number of nitriles is 1. The number of nitrogens with two attached hydrogens (primary N) is 1. The number of hydrogen-bond donors (Lipinski definition) is 1. The molecule has 4 rings (SSSR count). The second-order valence-corrected chi connectivity index (χ2v) is 6.44. The number of rotatable bonds is 3. The van der Waals surface area contributed by atoms with E-state index in [0.29, 0.717) is 21.9 Å². The molecule has 2 aromatic carbocycles. The Morgan fingerprint density at radius 3 is 2.52 bits per heavy atom. The molecular weight excluding hydrogens is 364 g/mol. The van der Waals surface area contributed by atoms with E-state index < -0.39 is 5.92 Å². The number of allylic oxidation sites excluding steroid dienone is 1. The van der Waals surface area contributed by atoms with Crippen molar-refractivity contribution in [2.24, 2.45) is 5.73 Å². The first-order chi connectivity index (χ1) is 13.1. The van der Waals surface area contributed by atoms with E-state index in [4.69, 9.17) is 31.2 Å². The van der Waals surface area contributed by atoms with Gasteiger partial charge in [-0.05, 0) is 42.0 Å². The van der Waals surface area contributed by atoms with Crippen LogP contribution >= 0.6 is 11.6 Å². The predicted molar refractivity (Wildman–Crippen MR) is 101 cm³/mol. The summed E-state index contributed by atoms with van der Waals surface area (Å²) in [5.74, 6) is 1.18. The van der Waals surface area contributed by atoms with Gasteiger partial charge in [-0.25, -0.2) is 0 Å². The van der Waals surface area contributed by atoms with Crippen molar-refractivity contribution in [2.45, 2.75) is 5.92 Å². The third-order valence-electron chi connectivity index (χ3n) is 4.50. The van der Waals surface area contributed by atoms with Gasteiger partial charge in [0.25, 0.3) is 5.95 Å². The predicted octanol–water partition coefficient (Wildman–Crippen LogP) is 4.83. The fourth-order valence-corrected chi connectivity index (χ4v) is 3.42. The van der Waals surface area contributed by atoms with Crippen molar-refractivity contribution >= 4 is 11.6 Å². The smallest absolute Gasteiger partial charge is 0.296 e.